The first-order chi connectivity index (χ1) is 10.1. The lowest BCUT2D eigenvalue weighted by atomic mass is 10.1. The van der Waals surface area contributed by atoms with Crippen LogP contribution in [0.2, 0.25) is 0 Å². The molecule has 1 aliphatic rings. The number of benzene rings is 1. The Morgan fingerprint density at radius 2 is 2.19 bits per heavy atom. The number of hydrogen-bond donors (Lipinski definition) is 2. The average molecular weight is 293 g/mol. The standard InChI is InChI=1S/C14H16FN3O3/c15-11-3-1-2-10(8-11)4-5-12(19)16-6-7-18-13(20)9-17-14(18)21/h1-3,8H,4-7,9H2,(H,16,19)(H,17,21). The lowest BCUT2D eigenvalue weighted by Crippen LogP contribution is -2.38. The van der Waals surface area contributed by atoms with Crippen LogP contribution < -0.4 is 10.6 Å². The minimum absolute atomic E-state index is 0.00630. The van der Waals surface area contributed by atoms with Crippen molar-refractivity contribution in [3.63, 3.8) is 0 Å². The fourth-order valence-corrected chi connectivity index (χ4v) is 2.03. The molecule has 1 aliphatic heterocycles. The number of hydrogen-bond acceptors (Lipinski definition) is 3. The number of amides is 4. The number of rotatable bonds is 6. The summed E-state index contributed by atoms with van der Waals surface area (Å²) in [5.74, 6) is -0.827. The second-order valence-corrected chi connectivity index (χ2v) is 4.68. The smallest absolute Gasteiger partial charge is 0.324 e. The van der Waals surface area contributed by atoms with Gasteiger partial charge >= 0.3 is 6.03 Å². The van der Waals surface area contributed by atoms with Gasteiger partial charge in [-0.25, -0.2) is 9.18 Å². The quantitative estimate of drug-likeness (QED) is 0.746. The third-order valence-electron chi connectivity index (χ3n) is 3.12. The van der Waals surface area contributed by atoms with Gasteiger partial charge in [-0.05, 0) is 24.1 Å². The third kappa shape index (κ3) is 4.27. The molecular formula is C14H16FN3O3. The average Bonchev–Trinajstić information content (AvgIpc) is 2.77. The van der Waals surface area contributed by atoms with Gasteiger partial charge in [0.2, 0.25) is 11.8 Å². The molecule has 0 aliphatic carbocycles. The van der Waals surface area contributed by atoms with Crippen LogP contribution in [0.15, 0.2) is 24.3 Å². The van der Waals surface area contributed by atoms with Crippen molar-refractivity contribution >= 4 is 17.8 Å². The summed E-state index contributed by atoms with van der Waals surface area (Å²) in [6, 6.07) is 5.65. The van der Waals surface area contributed by atoms with Gasteiger partial charge in [0.1, 0.15) is 5.82 Å². The Morgan fingerprint density at radius 1 is 1.38 bits per heavy atom. The third-order valence-corrected chi connectivity index (χ3v) is 3.12. The Labute approximate surface area is 121 Å². The van der Waals surface area contributed by atoms with Crippen LogP contribution in [-0.2, 0) is 16.0 Å². The van der Waals surface area contributed by atoms with Crippen LogP contribution in [0.1, 0.15) is 12.0 Å². The number of aryl methyl sites for hydroxylation is 1. The molecule has 0 saturated carbocycles. The van der Waals surface area contributed by atoms with E-state index in [0.29, 0.717) is 6.42 Å². The molecule has 7 heteroatoms. The largest absolute Gasteiger partial charge is 0.354 e. The number of nitrogens with one attached hydrogen (secondary N) is 2. The monoisotopic (exact) mass is 293 g/mol. The number of carbonyl (C=O) groups is 3. The highest BCUT2D eigenvalue weighted by Crippen LogP contribution is 2.06. The lowest BCUT2D eigenvalue weighted by Gasteiger charge is -2.12. The zero-order chi connectivity index (χ0) is 15.2. The number of nitrogens with zero attached hydrogens (tertiary/aromatic N) is 1. The molecule has 21 heavy (non-hydrogen) atoms. The molecule has 112 valence electrons. The topological polar surface area (TPSA) is 78.5 Å². The first kappa shape index (κ1) is 15.0. The van der Waals surface area contributed by atoms with Crippen LogP contribution in [0.25, 0.3) is 0 Å². The van der Waals surface area contributed by atoms with Crippen LogP contribution >= 0.6 is 0 Å². The van der Waals surface area contributed by atoms with E-state index in [1.54, 1.807) is 12.1 Å². The maximum Gasteiger partial charge on any atom is 0.324 e. The summed E-state index contributed by atoms with van der Waals surface area (Å²) in [5.41, 5.74) is 0.749. The van der Waals surface area contributed by atoms with Crippen LogP contribution in [0.3, 0.4) is 0 Å². The van der Waals surface area contributed by atoms with Crippen molar-refractivity contribution < 1.29 is 18.8 Å². The zero-order valence-corrected chi connectivity index (χ0v) is 11.4. The van der Waals surface area contributed by atoms with E-state index in [9.17, 15) is 18.8 Å². The Balaban J connectivity index is 1.68. The Hall–Kier alpha value is -2.44. The van der Waals surface area contributed by atoms with Gasteiger partial charge < -0.3 is 10.6 Å². The zero-order valence-electron chi connectivity index (χ0n) is 11.4. The number of halogens is 1. The Morgan fingerprint density at radius 3 is 2.86 bits per heavy atom. The molecule has 0 bridgehead atoms. The summed E-state index contributed by atoms with van der Waals surface area (Å²) in [4.78, 5) is 35.2. The molecule has 2 rings (SSSR count). The summed E-state index contributed by atoms with van der Waals surface area (Å²) < 4.78 is 13.0. The van der Waals surface area contributed by atoms with Gasteiger partial charge in [-0.15, -0.1) is 0 Å². The molecule has 0 unspecified atom stereocenters. The molecule has 2 N–H and O–H groups in total. The molecule has 1 aromatic carbocycles. The van der Waals surface area contributed by atoms with Crippen molar-refractivity contribution in [2.24, 2.45) is 0 Å². The summed E-state index contributed by atoms with van der Waals surface area (Å²) in [5, 5.41) is 5.03. The van der Waals surface area contributed by atoms with E-state index < -0.39 is 6.03 Å². The highest BCUT2D eigenvalue weighted by Gasteiger charge is 2.27. The van der Waals surface area contributed by atoms with E-state index >= 15 is 0 Å². The van der Waals surface area contributed by atoms with Gasteiger partial charge in [0.25, 0.3) is 0 Å². The van der Waals surface area contributed by atoms with Crippen LogP contribution in [-0.4, -0.2) is 42.4 Å². The predicted molar refractivity (Wildman–Crippen MR) is 72.8 cm³/mol. The summed E-state index contributed by atoms with van der Waals surface area (Å²) in [6.45, 7) is 0.365. The van der Waals surface area contributed by atoms with Gasteiger partial charge in [-0.1, -0.05) is 12.1 Å². The number of carbonyl (C=O) groups excluding carboxylic acids is 3. The SMILES string of the molecule is O=C(CCc1cccc(F)c1)NCCN1C(=O)CNC1=O. The second-order valence-electron chi connectivity index (χ2n) is 4.68. The van der Waals surface area contributed by atoms with Crippen LogP contribution in [0.5, 0.6) is 0 Å². The van der Waals surface area contributed by atoms with Crippen molar-refractivity contribution in [1.82, 2.24) is 15.5 Å². The maximum absolute atomic E-state index is 13.0. The number of imide groups is 1. The first-order valence-corrected chi connectivity index (χ1v) is 6.65. The van der Waals surface area contributed by atoms with E-state index in [1.165, 1.54) is 12.1 Å². The van der Waals surface area contributed by atoms with Crippen molar-refractivity contribution in [2.75, 3.05) is 19.6 Å². The highest BCUT2D eigenvalue weighted by atomic mass is 19.1. The lowest BCUT2D eigenvalue weighted by molar-refractivity contribution is -0.126. The predicted octanol–water partition coefficient (Wildman–Crippen LogP) is 0.426. The molecule has 1 aromatic rings. The molecule has 0 aromatic heterocycles. The Bertz CT molecular complexity index is 546. The minimum atomic E-state index is -0.436. The summed E-state index contributed by atoms with van der Waals surface area (Å²) in [7, 11) is 0. The molecule has 4 amide bonds. The van der Waals surface area contributed by atoms with Crippen LogP contribution in [0, 0.1) is 5.82 Å². The highest BCUT2D eigenvalue weighted by molar-refractivity contribution is 6.01. The maximum atomic E-state index is 13.0. The van der Waals surface area contributed by atoms with E-state index in [4.69, 9.17) is 0 Å². The van der Waals surface area contributed by atoms with E-state index in [1.807, 2.05) is 0 Å². The molecule has 1 fully saturated rings. The van der Waals surface area contributed by atoms with Gasteiger partial charge in [-0.2, -0.15) is 0 Å². The summed E-state index contributed by atoms with van der Waals surface area (Å²) >= 11 is 0. The van der Waals surface area contributed by atoms with Gasteiger partial charge in [0.05, 0.1) is 6.54 Å². The summed E-state index contributed by atoms with van der Waals surface area (Å²) in [6.07, 6.45) is 0.663. The van der Waals surface area contributed by atoms with Crippen molar-refractivity contribution in [1.29, 1.82) is 0 Å². The molecule has 6 nitrogen and oxygen atoms in total. The minimum Gasteiger partial charge on any atom is -0.354 e. The molecule has 1 heterocycles. The van der Waals surface area contributed by atoms with Crippen molar-refractivity contribution in [3.05, 3.63) is 35.6 Å². The molecule has 1 saturated heterocycles. The normalized spacial score (nSPS) is 14.2. The Kier molecular flexibility index (Phi) is 4.86. The van der Waals surface area contributed by atoms with E-state index in [0.717, 1.165) is 10.5 Å². The van der Waals surface area contributed by atoms with E-state index in [2.05, 4.69) is 10.6 Å². The molecule has 0 atom stereocenters. The molecule has 0 radical (unpaired) electrons. The van der Waals surface area contributed by atoms with Gasteiger partial charge in [0.15, 0.2) is 0 Å². The second kappa shape index (κ2) is 6.83. The number of urea groups is 1. The van der Waals surface area contributed by atoms with Crippen molar-refractivity contribution in [3.8, 4) is 0 Å². The van der Waals surface area contributed by atoms with Gasteiger partial charge in [-0.3, -0.25) is 14.5 Å². The van der Waals surface area contributed by atoms with Crippen LogP contribution in [0.4, 0.5) is 9.18 Å². The fraction of sp³-hybridized carbons (Fsp3) is 0.357. The van der Waals surface area contributed by atoms with Gasteiger partial charge in [0, 0.05) is 19.5 Å². The first-order valence-electron chi connectivity index (χ1n) is 6.65. The molecular weight excluding hydrogens is 277 g/mol. The fourth-order valence-electron chi connectivity index (χ4n) is 2.03. The van der Waals surface area contributed by atoms with Crippen molar-refractivity contribution in [2.45, 2.75) is 12.8 Å². The molecule has 0 spiro atoms. The van der Waals surface area contributed by atoms with E-state index in [-0.39, 0.29) is 43.7 Å².